The molecule has 3 aromatic rings. The number of ether oxygens (including phenoxy) is 5. The average molecular weight is 521 g/mol. The van der Waals surface area contributed by atoms with Crippen LogP contribution in [-0.2, 0) is 21.5 Å². The number of benzene rings is 3. The highest BCUT2D eigenvalue weighted by atomic mass is 16.7. The molecule has 1 atom stereocenters. The van der Waals surface area contributed by atoms with Gasteiger partial charge in [-0.25, -0.2) is 0 Å². The van der Waals surface area contributed by atoms with Crippen molar-refractivity contribution in [2.45, 2.75) is 56.8 Å². The molecule has 4 rings (SSSR count). The Morgan fingerprint density at radius 1 is 0.763 bits per heavy atom. The zero-order valence-electron chi connectivity index (χ0n) is 22.8. The Morgan fingerprint density at radius 2 is 1.39 bits per heavy atom. The van der Waals surface area contributed by atoms with Gasteiger partial charge in [0.2, 0.25) is 0 Å². The van der Waals surface area contributed by atoms with E-state index in [-0.39, 0.29) is 6.29 Å². The Hall–Kier alpha value is -3.06. The van der Waals surface area contributed by atoms with Crippen LogP contribution in [0.2, 0.25) is 0 Å². The summed E-state index contributed by atoms with van der Waals surface area (Å²) in [5.41, 5.74) is 1.99. The molecule has 0 amide bonds. The standard InChI is InChI=1S/C32H40O6/c1-34-28-16-11-25(12-17-28)32(33,26-13-18-29(35-2)19-14-26)27-15-20-30(36-3)24(23-27)9-5-4-7-21-37-31-10-6-8-22-38-31/h11-20,23,31,33H,4-10,21-22H2,1-3H3. The van der Waals surface area contributed by atoms with Crippen LogP contribution in [0.25, 0.3) is 0 Å². The smallest absolute Gasteiger partial charge is 0.157 e. The van der Waals surface area contributed by atoms with Crippen molar-refractivity contribution >= 4 is 0 Å². The monoisotopic (exact) mass is 520 g/mol. The van der Waals surface area contributed by atoms with Gasteiger partial charge in [-0.15, -0.1) is 0 Å². The van der Waals surface area contributed by atoms with Gasteiger partial charge in [0.05, 0.1) is 21.3 Å². The minimum Gasteiger partial charge on any atom is -0.497 e. The van der Waals surface area contributed by atoms with Crippen molar-refractivity contribution in [1.82, 2.24) is 0 Å². The van der Waals surface area contributed by atoms with E-state index in [2.05, 4.69) is 6.07 Å². The maximum Gasteiger partial charge on any atom is 0.157 e. The molecular weight excluding hydrogens is 480 g/mol. The van der Waals surface area contributed by atoms with E-state index in [0.717, 1.165) is 91.2 Å². The van der Waals surface area contributed by atoms with E-state index >= 15 is 0 Å². The van der Waals surface area contributed by atoms with Gasteiger partial charge < -0.3 is 28.8 Å². The second kappa shape index (κ2) is 13.7. The lowest BCUT2D eigenvalue weighted by Gasteiger charge is -2.31. The largest absolute Gasteiger partial charge is 0.497 e. The van der Waals surface area contributed by atoms with Gasteiger partial charge in [-0.3, -0.25) is 0 Å². The molecule has 1 aliphatic rings. The SMILES string of the molecule is COc1ccc(C(O)(c2ccc(OC)cc2)c2ccc(OC)c(CCCCCOC3CCCCO3)c2)cc1. The lowest BCUT2D eigenvalue weighted by Crippen LogP contribution is -2.29. The number of methoxy groups -OCH3 is 3. The number of aliphatic hydroxyl groups is 1. The maximum absolute atomic E-state index is 12.4. The zero-order valence-corrected chi connectivity index (χ0v) is 22.8. The molecule has 38 heavy (non-hydrogen) atoms. The molecule has 0 bridgehead atoms. The topological polar surface area (TPSA) is 66.4 Å². The molecule has 1 saturated heterocycles. The number of unbranched alkanes of at least 4 members (excludes halogenated alkanes) is 2. The summed E-state index contributed by atoms with van der Waals surface area (Å²) in [6.45, 7) is 1.52. The molecule has 0 saturated carbocycles. The predicted molar refractivity (Wildman–Crippen MR) is 148 cm³/mol. The minimum atomic E-state index is -1.37. The van der Waals surface area contributed by atoms with E-state index in [1.54, 1.807) is 21.3 Å². The average Bonchev–Trinajstić information content (AvgIpc) is 2.99. The van der Waals surface area contributed by atoms with Crippen LogP contribution in [0.3, 0.4) is 0 Å². The van der Waals surface area contributed by atoms with E-state index in [0.29, 0.717) is 0 Å². The predicted octanol–water partition coefficient (Wildman–Crippen LogP) is 6.25. The Kier molecular flexibility index (Phi) is 10.0. The van der Waals surface area contributed by atoms with Crippen molar-refractivity contribution in [2.24, 2.45) is 0 Å². The molecule has 1 unspecified atom stereocenters. The van der Waals surface area contributed by atoms with Crippen LogP contribution >= 0.6 is 0 Å². The van der Waals surface area contributed by atoms with Gasteiger partial charge in [0.25, 0.3) is 0 Å². The molecule has 6 heteroatoms. The first-order valence-corrected chi connectivity index (χ1v) is 13.5. The summed E-state index contributed by atoms with van der Waals surface area (Å²) >= 11 is 0. The molecule has 1 aliphatic heterocycles. The van der Waals surface area contributed by atoms with Gasteiger partial charge in [-0.2, -0.15) is 0 Å². The molecule has 204 valence electrons. The molecule has 1 fully saturated rings. The highest BCUT2D eigenvalue weighted by Crippen LogP contribution is 2.39. The number of hydrogen-bond donors (Lipinski definition) is 1. The summed E-state index contributed by atoms with van der Waals surface area (Å²) in [4.78, 5) is 0. The van der Waals surface area contributed by atoms with Gasteiger partial charge in [-0.05, 0) is 97.2 Å². The maximum atomic E-state index is 12.4. The zero-order chi connectivity index (χ0) is 26.8. The first-order chi connectivity index (χ1) is 18.6. The van der Waals surface area contributed by atoms with Crippen molar-refractivity contribution < 1.29 is 28.8 Å². The van der Waals surface area contributed by atoms with Crippen LogP contribution in [0.5, 0.6) is 17.2 Å². The van der Waals surface area contributed by atoms with Crippen LogP contribution in [0.15, 0.2) is 66.7 Å². The van der Waals surface area contributed by atoms with Crippen molar-refractivity contribution in [2.75, 3.05) is 34.5 Å². The summed E-state index contributed by atoms with van der Waals surface area (Å²) in [5, 5.41) is 12.4. The quantitative estimate of drug-likeness (QED) is 0.212. The third kappa shape index (κ3) is 6.68. The number of hydrogen-bond acceptors (Lipinski definition) is 6. The summed E-state index contributed by atoms with van der Waals surface area (Å²) < 4.78 is 27.9. The highest BCUT2D eigenvalue weighted by molar-refractivity contribution is 5.52. The molecule has 0 spiro atoms. The Balaban J connectivity index is 1.53. The van der Waals surface area contributed by atoms with E-state index in [1.165, 1.54) is 6.42 Å². The fraction of sp³-hybridized carbons (Fsp3) is 0.438. The van der Waals surface area contributed by atoms with E-state index in [1.807, 2.05) is 60.7 Å². The second-order valence-electron chi connectivity index (χ2n) is 9.67. The second-order valence-corrected chi connectivity index (χ2v) is 9.67. The summed E-state index contributed by atoms with van der Waals surface area (Å²) in [6, 6.07) is 21.1. The third-order valence-corrected chi connectivity index (χ3v) is 7.25. The van der Waals surface area contributed by atoms with Crippen molar-refractivity contribution in [3.63, 3.8) is 0 Å². The molecule has 6 nitrogen and oxygen atoms in total. The highest BCUT2D eigenvalue weighted by Gasteiger charge is 2.34. The molecule has 0 aromatic heterocycles. The van der Waals surface area contributed by atoms with Crippen LogP contribution in [0.1, 0.15) is 60.8 Å². The van der Waals surface area contributed by atoms with Gasteiger partial charge in [-0.1, -0.05) is 36.8 Å². The molecular formula is C32H40O6. The molecule has 1 N–H and O–H groups in total. The molecule has 0 aliphatic carbocycles. The van der Waals surface area contributed by atoms with Crippen LogP contribution < -0.4 is 14.2 Å². The summed E-state index contributed by atoms with van der Waals surface area (Å²) in [7, 11) is 4.96. The Morgan fingerprint density at radius 3 is 1.95 bits per heavy atom. The normalized spacial score (nSPS) is 15.7. The first-order valence-electron chi connectivity index (χ1n) is 13.5. The van der Waals surface area contributed by atoms with Gasteiger partial charge in [0.1, 0.15) is 22.8 Å². The van der Waals surface area contributed by atoms with Crippen molar-refractivity contribution in [1.29, 1.82) is 0 Å². The van der Waals surface area contributed by atoms with Crippen molar-refractivity contribution in [3.05, 3.63) is 89.0 Å². The van der Waals surface area contributed by atoms with E-state index in [4.69, 9.17) is 23.7 Å². The van der Waals surface area contributed by atoms with Gasteiger partial charge >= 0.3 is 0 Å². The van der Waals surface area contributed by atoms with E-state index in [9.17, 15) is 5.11 Å². The summed E-state index contributed by atoms with van der Waals surface area (Å²) in [6.07, 6.45) is 7.15. The van der Waals surface area contributed by atoms with Crippen LogP contribution in [-0.4, -0.2) is 45.9 Å². The van der Waals surface area contributed by atoms with Crippen molar-refractivity contribution in [3.8, 4) is 17.2 Å². The third-order valence-electron chi connectivity index (χ3n) is 7.25. The molecule has 3 aromatic carbocycles. The van der Waals surface area contributed by atoms with Crippen LogP contribution in [0.4, 0.5) is 0 Å². The lowest BCUT2D eigenvalue weighted by atomic mass is 9.79. The molecule has 1 heterocycles. The Labute approximate surface area is 226 Å². The summed E-state index contributed by atoms with van der Waals surface area (Å²) in [5.74, 6) is 2.30. The van der Waals surface area contributed by atoms with Crippen LogP contribution in [0, 0.1) is 0 Å². The van der Waals surface area contributed by atoms with E-state index < -0.39 is 5.60 Å². The molecule has 0 radical (unpaired) electrons. The Bertz CT molecular complexity index is 1070. The fourth-order valence-electron chi connectivity index (χ4n) is 5.02. The van der Waals surface area contributed by atoms with Gasteiger partial charge in [0.15, 0.2) is 6.29 Å². The van der Waals surface area contributed by atoms with Gasteiger partial charge in [0, 0.05) is 13.2 Å². The minimum absolute atomic E-state index is 0.0332. The first kappa shape index (κ1) is 28.0. The number of aryl methyl sites for hydroxylation is 1. The number of rotatable bonds is 13. The fourth-order valence-corrected chi connectivity index (χ4v) is 5.02. The lowest BCUT2D eigenvalue weighted by molar-refractivity contribution is -0.162.